The smallest absolute Gasteiger partial charge is 0.410 e. The number of carbonyl (C=O) groups is 1. The van der Waals surface area contributed by atoms with Crippen LogP contribution in [0.25, 0.3) is 6.08 Å². The van der Waals surface area contributed by atoms with E-state index in [2.05, 4.69) is 30.2 Å². The van der Waals surface area contributed by atoms with Crippen LogP contribution in [-0.4, -0.2) is 49.9 Å². The normalized spacial score (nSPS) is 17.4. The number of anilines is 1. The Balaban J connectivity index is 1.92. The van der Waals surface area contributed by atoms with Gasteiger partial charge in [0.25, 0.3) is 0 Å². The minimum Gasteiger partial charge on any atom is -0.490 e. The fourth-order valence-electron chi connectivity index (χ4n) is 3.66. The van der Waals surface area contributed by atoms with Gasteiger partial charge in [-0.2, -0.15) is 0 Å². The monoisotopic (exact) mass is 358 g/mol. The summed E-state index contributed by atoms with van der Waals surface area (Å²) in [6, 6.07) is 2.17. The largest absolute Gasteiger partial charge is 0.490 e. The highest BCUT2D eigenvalue weighted by Gasteiger charge is 2.28. The predicted molar refractivity (Wildman–Crippen MR) is 105 cm³/mol. The van der Waals surface area contributed by atoms with Gasteiger partial charge >= 0.3 is 6.09 Å². The van der Waals surface area contributed by atoms with Gasteiger partial charge in [0.05, 0.1) is 12.2 Å². The number of amides is 1. The number of hydrogen-bond acceptors (Lipinski definition) is 4. The summed E-state index contributed by atoms with van der Waals surface area (Å²) < 4.78 is 11.5. The first-order valence-corrected chi connectivity index (χ1v) is 9.43. The van der Waals surface area contributed by atoms with Gasteiger partial charge in [0.1, 0.15) is 18.0 Å². The number of fused-ring (bicyclic) bond motifs is 2. The Bertz CT molecular complexity index is 719. The molecule has 0 N–H and O–H groups in total. The van der Waals surface area contributed by atoms with E-state index in [1.54, 1.807) is 0 Å². The van der Waals surface area contributed by atoms with Crippen molar-refractivity contribution in [3.05, 3.63) is 28.8 Å². The van der Waals surface area contributed by atoms with Crippen LogP contribution in [0.2, 0.25) is 0 Å². The Morgan fingerprint density at radius 2 is 1.96 bits per heavy atom. The Morgan fingerprint density at radius 3 is 2.65 bits per heavy atom. The molecule has 0 aromatic heterocycles. The van der Waals surface area contributed by atoms with Crippen LogP contribution in [0, 0.1) is 0 Å². The maximum atomic E-state index is 12.5. The molecule has 1 aromatic carbocycles. The summed E-state index contributed by atoms with van der Waals surface area (Å²) >= 11 is 0. The lowest BCUT2D eigenvalue weighted by Crippen LogP contribution is -2.38. The lowest BCUT2D eigenvalue weighted by Gasteiger charge is -2.31. The maximum Gasteiger partial charge on any atom is 0.410 e. The summed E-state index contributed by atoms with van der Waals surface area (Å²) in [5, 5.41) is 0. The molecule has 0 unspecified atom stereocenters. The second kappa shape index (κ2) is 7.22. The molecule has 3 rings (SSSR count). The maximum absolute atomic E-state index is 12.5. The van der Waals surface area contributed by atoms with Gasteiger partial charge < -0.3 is 19.3 Å². The van der Waals surface area contributed by atoms with E-state index in [1.807, 2.05) is 32.6 Å². The zero-order valence-electron chi connectivity index (χ0n) is 16.6. The zero-order valence-corrected chi connectivity index (χ0v) is 16.6. The molecule has 0 bridgehead atoms. The minimum absolute atomic E-state index is 0.226. The highest BCUT2D eigenvalue weighted by Crippen LogP contribution is 2.40. The van der Waals surface area contributed by atoms with Crippen molar-refractivity contribution < 1.29 is 14.3 Å². The molecule has 1 amide bonds. The van der Waals surface area contributed by atoms with Crippen molar-refractivity contribution in [2.75, 3.05) is 38.2 Å². The van der Waals surface area contributed by atoms with E-state index in [1.165, 1.54) is 22.4 Å². The second-order valence-electron chi connectivity index (χ2n) is 8.01. The van der Waals surface area contributed by atoms with Crippen molar-refractivity contribution in [3.8, 4) is 5.75 Å². The van der Waals surface area contributed by atoms with E-state index in [9.17, 15) is 4.79 Å². The van der Waals surface area contributed by atoms with E-state index in [4.69, 9.17) is 9.47 Å². The molecule has 5 heteroatoms. The molecule has 0 spiro atoms. The van der Waals surface area contributed by atoms with E-state index in [0.29, 0.717) is 19.7 Å². The SMILES string of the molecule is C/C=C/c1c2c(cc3c1N(C)CCO3)CCN(C(=O)OC(C)(C)C)CC2. The molecule has 1 aromatic rings. The van der Waals surface area contributed by atoms with E-state index >= 15 is 0 Å². The predicted octanol–water partition coefficient (Wildman–Crippen LogP) is 3.88. The highest BCUT2D eigenvalue weighted by molar-refractivity contribution is 5.78. The molecule has 26 heavy (non-hydrogen) atoms. The number of benzene rings is 1. The molecule has 2 heterocycles. The van der Waals surface area contributed by atoms with E-state index < -0.39 is 5.60 Å². The van der Waals surface area contributed by atoms with Gasteiger partial charge in [0, 0.05) is 25.7 Å². The van der Waals surface area contributed by atoms with Crippen molar-refractivity contribution >= 4 is 17.9 Å². The van der Waals surface area contributed by atoms with Crippen LogP contribution in [-0.2, 0) is 17.6 Å². The number of nitrogens with zero attached hydrogens (tertiary/aromatic N) is 2. The van der Waals surface area contributed by atoms with Gasteiger partial charge in [0.15, 0.2) is 0 Å². The van der Waals surface area contributed by atoms with Gasteiger partial charge in [-0.25, -0.2) is 4.79 Å². The van der Waals surface area contributed by atoms with Crippen LogP contribution in [0.1, 0.15) is 44.4 Å². The summed E-state index contributed by atoms with van der Waals surface area (Å²) in [5.74, 6) is 0.955. The molecule has 5 nitrogen and oxygen atoms in total. The lowest BCUT2D eigenvalue weighted by molar-refractivity contribution is 0.0258. The van der Waals surface area contributed by atoms with Crippen LogP contribution in [0.4, 0.5) is 10.5 Å². The van der Waals surface area contributed by atoms with Crippen molar-refractivity contribution in [1.29, 1.82) is 0 Å². The topological polar surface area (TPSA) is 42.0 Å². The van der Waals surface area contributed by atoms with Gasteiger partial charge in [-0.05, 0) is 57.7 Å². The fraction of sp³-hybridized carbons (Fsp3) is 0.571. The van der Waals surface area contributed by atoms with Gasteiger partial charge in [0.2, 0.25) is 0 Å². The third kappa shape index (κ3) is 3.81. The van der Waals surface area contributed by atoms with Gasteiger partial charge in [-0.1, -0.05) is 12.2 Å². The molecular weight excluding hydrogens is 328 g/mol. The Kier molecular flexibility index (Phi) is 5.17. The second-order valence-corrected chi connectivity index (χ2v) is 8.01. The van der Waals surface area contributed by atoms with Crippen molar-refractivity contribution in [3.63, 3.8) is 0 Å². The summed E-state index contributed by atoms with van der Waals surface area (Å²) in [5.41, 5.74) is 4.53. The first-order chi connectivity index (χ1) is 12.3. The molecule has 0 saturated carbocycles. The number of ether oxygens (including phenoxy) is 2. The van der Waals surface area contributed by atoms with Crippen molar-refractivity contribution in [1.82, 2.24) is 4.90 Å². The Morgan fingerprint density at radius 1 is 1.23 bits per heavy atom. The molecule has 0 fully saturated rings. The highest BCUT2D eigenvalue weighted by atomic mass is 16.6. The first kappa shape index (κ1) is 18.6. The Labute approximate surface area is 156 Å². The molecule has 2 aliphatic heterocycles. The third-order valence-corrected chi connectivity index (χ3v) is 4.84. The van der Waals surface area contributed by atoms with Crippen molar-refractivity contribution in [2.24, 2.45) is 0 Å². The van der Waals surface area contributed by atoms with Crippen molar-refractivity contribution in [2.45, 2.75) is 46.1 Å². The van der Waals surface area contributed by atoms with Gasteiger partial charge in [-0.15, -0.1) is 0 Å². The average molecular weight is 358 g/mol. The Hall–Kier alpha value is -2.17. The summed E-state index contributed by atoms with van der Waals surface area (Å²) in [7, 11) is 2.12. The fourth-order valence-corrected chi connectivity index (χ4v) is 3.66. The summed E-state index contributed by atoms with van der Waals surface area (Å²) in [6.45, 7) is 10.7. The lowest BCUT2D eigenvalue weighted by atomic mass is 9.93. The average Bonchev–Trinajstić information content (AvgIpc) is 2.76. The zero-order chi connectivity index (χ0) is 18.9. The molecular formula is C21H30N2O3. The summed E-state index contributed by atoms with van der Waals surface area (Å²) in [4.78, 5) is 16.6. The van der Waals surface area contributed by atoms with E-state index in [-0.39, 0.29) is 6.09 Å². The quantitative estimate of drug-likeness (QED) is 0.764. The molecule has 0 saturated heterocycles. The number of likely N-dealkylation sites (N-methyl/N-ethyl adjacent to an activating group) is 1. The molecule has 0 aliphatic carbocycles. The van der Waals surface area contributed by atoms with Crippen LogP contribution >= 0.6 is 0 Å². The van der Waals surface area contributed by atoms with Crippen LogP contribution in [0.3, 0.4) is 0 Å². The minimum atomic E-state index is -0.470. The van der Waals surface area contributed by atoms with E-state index in [0.717, 1.165) is 25.1 Å². The first-order valence-electron chi connectivity index (χ1n) is 9.43. The number of rotatable bonds is 1. The third-order valence-electron chi connectivity index (χ3n) is 4.84. The molecule has 142 valence electrons. The number of carbonyl (C=O) groups excluding carboxylic acids is 1. The molecule has 0 atom stereocenters. The standard InChI is InChI=1S/C21H30N2O3/c1-6-7-17-16-9-11-23(20(24)26-21(2,3)4)10-8-15(16)14-18-19(17)22(5)12-13-25-18/h6-7,14H,8-13H2,1-5H3/b7-6+. The molecule has 2 aliphatic rings. The number of hydrogen-bond donors (Lipinski definition) is 0. The van der Waals surface area contributed by atoms with Gasteiger partial charge in [-0.3, -0.25) is 0 Å². The van der Waals surface area contributed by atoms with Crippen LogP contribution < -0.4 is 9.64 Å². The number of allylic oxidation sites excluding steroid dienone is 1. The van der Waals surface area contributed by atoms with Crippen LogP contribution in [0.5, 0.6) is 5.75 Å². The molecule has 0 radical (unpaired) electrons. The summed E-state index contributed by atoms with van der Waals surface area (Å²) in [6.07, 6.45) is 5.67. The van der Waals surface area contributed by atoms with Crippen LogP contribution in [0.15, 0.2) is 12.1 Å².